The summed E-state index contributed by atoms with van der Waals surface area (Å²) in [4.78, 5) is 12.3. The molecule has 1 rings (SSSR count). The molecule has 0 aromatic rings. The van der Waals surface area contributed by atoms with Crippen LogP contribution in [-0.4, -0.2) is 30.3 Å². The van der Waals surface area contributed by atoms with Crippen molar-refractivity contribution in [3.8, 4) is 0 Å². The van der Waals surface area contributed by atoms with Gasteiger partial charge in [-0.2, -0.15) is 0 Å². The number of hydrogen-bond donors (Lipinski definition) is 0. The quantitative estimate of drug-likeness (QED) is 0.594. The van der Waals surface area contributed by atoms with Crippen LogP contribution >= 0.6 is 0 Å². The number of amides is 1. The van der Waals surface area contributed by atoms with E-state index < -0.39 is 11.8 Å². The molecule has 0 aliphatic carbocycles. The summed E-state index contributed by atoms with van der Waals surface area (Å²) >= 11 is 0. The van der Waals surface area contributed by atoms with Crippen molar-refractivity contribution in [1.29, 1.82) is 0 Å². The number of rotatable bonds is 1. The molecule has 0 aromatic carbocycles. The lowest BCUT2D eigenvalue weighted by Crippen LogP contribution is -2.32. The van der Waals surface area contributed by atoms with E-state index in [1.54, 1.807) is 0 Å². The standard InChI is InChI=1S/C8H13F2NO/c1-6(12)11-4-3-8(2,5-11)7(9)10/h7H,3-5H2,1-2H3/t8-/m1/s1. The van der Waals surface area contributed by atoms with Crippen LogP contribution in [0.2, 0.25) is 0 Å². The van der Waals surface area contributed by atoms with Crippen LogP contribution < -0.4 is 0 Å². The van der Waals surface area contributed by atoms with Crippen LogP contribution in [0.15, 0.2) is 0 Å². The number of likely N-dealkylation sites (tertiary alicyclic amines) is 1. The summed E-state index contributed by atoms with van der Waals surface area (Å²) in [6, 6.07) is 0. The Hall–Kier alpha value is -0.670. The van der Waals surface area contributed by atoms with E-state index in [0.29, 0.717) is 13.0 Å². The summed E-state index contributed by atoms with van der Waals surface area (Å²) in [7, 11) is 0. The van der Waals surface area contributed by atoms with E-state index in [1.807, 2.05) is 0 Å². The normalized spacial score (nSPS) is 29.9. The Kier molecular flexibility index (Phi) is 2.35. The highest BCUT2D eigenvalue weighted by Crippen LogP contribution is 2.35. The molecule has 1 saturated heterocycles. The Morgan fingerprint density at radius 2 is 2.17 bits per heavy atom. The zero-order valence-electron chi connectivity index (χ0n) is 7.31. The molecular formula is C8H13F2NO. The third-order valence-corrected chi connectivity index (χ3v) is 2.48. The van der Waals surface area contributed by atoms with Crippen molar-refractivity contribution in [2.75, 3.05) is 13.1 Å². The molecule has 0 spiro atoms. The number of halogens is 2. The van der Waals surface area contributed by atoms with Gasteiger partial charge < -0.3 is 4.90 Å². The smallest absolute Gasteiger partial charge is 0.245 e. The van der Waals surface area contributed by atoms with Crippen LogP contribution in [0, 0.1) is 5.41 Å². The SMILES string of the molecule is CC(=O)N1CC[C@@](C)(C(F)F)C1. The van der Waals surface area contributed by atoms with Crippen LogP contribution in [-0.2, 0) is 4.79 Å². The van der Waals surface area contributed by atoms with E-state index in [4.69, 9.17) is 0 Å². The second-order valence-electron chi connectivity index (χ2n) is 3.65. The average molecular weight is 177 g/mol. The average Bonchev–Trinajstić information content (AvgIpc) is 2.33. The summed E-state index contributed by atoms with van der Waals surface area (Å²) in [5, 5.41) is 0. The van der Waals surface area contributed by atoms with Crippen molar-refractivity contribution in [1.82, 2.24) is 4.90 Å². The maximum absolute atomic E-state index is 12.4. The highest BCUT2D eigenvalue weighted by atomic mass is 19.3. The highest BCUT2D eigenvalue weighted by molar-refractivity contribution is 5.73. The first-order valence-electron chi connectivity index (χ1n) is 3.99. The molecule has 1 fully saturated rings. The van der Waals surface area contributed by atoms with Gasteiger partial charge in [-0.05, 0) is 6.42 Å². The van der Waals surface area contributed by atoms with Crippen LogP contribution in [0.4, 0.5) is 8.78 Å². The van der Waals surface area contributed by atoms with Gasteiger partial charge in [0.2, 0.25) is 12.3 Å². The molecule has 12 heavy (non-hydrogen) atoms. The van der Waals surface area contributed by atoms with E-state index in [0.717, 1.165) is 0 Å². The lowest BCUT2D eigenvalue weighted by Gasteiger charge is -2.22. The third kappa shape index (κ3) is 1.57. The summed E-state index contributed by atoms with van der Waals surface area (Å²) in [5.41, 5.74) is -0.980. The number of carbonyl (C=O) groups excluding carboxylic acids is 1. The second-order valence-corrected chi connectivity index (χ2v) is 3.65. The zero-order chi connectivity index (χ0) is 9.35. The number of carbonyl (C=O) groups is 1. The highest BCUT2D eigenvalue weighted by Gasteiger charge is 2.42. The fourth-order valence-corrected chi connectivity index (χ4v) is 1.43. The lowest BCUT2D eigenvalue weighted by molar-refractivity contribution is -0.128. The molecule has 0 saturated carbocycles. The van der Waals surface area contributed by atoms with Crippen molar-refractivity contribution < 1.29 is 13.6 Å². The zero-order valence-corrected chi connectivity index (χ0v) is 7.31. The van der Waals surface area contributed by atoms with Gasteiger partial charge in [-0.3, -0.25) is 4.79 Å². The van der Waals surface area contributed by atoms with E-state index in [1.165, 1.54) is 18.7 Å². The van der Waals surface area contributed by atoms with Gasteiger partial charge in [0.15, 0.2) is 0 Å². The molecule has 1 aliphatic heterocycles. The first-order chi connectivity index (χ1) is 5.46. The van der Waals surface area contributed by atoms with Crippen molar-refractivity contribution in [3.05, 3.63) is 0 Å². The monoisotopic (exact) mass is 177 g/mol. The topological polar surface area (TPSA) is 20.3 Å². The molecule has 1 amide bonds. The van der Waals surface area contributed by atoms with Gasteiger partial charge in [0.25, 0.3) is 0 Å². The third-order valence-electron chi connectivity index (χ3n) is 2.48. The molecule has 1 atom stereocenters. The molecule has 2 nitrogen and oxygen atoms in total. The van der Waals surface area contributed by atoms with Gasteiger partial charge in [-0.15, -0.1) is 0 Å². The Labute approximate surface area is 70.5 Å². The molecule has 70 valence electrons. The fourth-order valence-electron chi connectivity index (χ4n) is 1.43. The summed E-state index contributed by atoms with van der Waals surface area (Å²) in [6.07, 6.45) is -1.92. The maximum Gasteiger partial charge on any atom is 0.245 e. The predicted octanol–water partition coefficient (Wildman–Crippen LogP) is 1.51. The van der Waals surface area contributed by atoms with Crippen molar-refractivity contribution >= 4 is 5.91 Å². The molecule has 0 radical (unpaired) electrons. The van der Waals surface area contributed by atoms with E-state index in [9.17, 15) is 13.6 Å². The molecule has 1 heterocycles. The first-order valence-corrected chi connectivity index (χ1v) is 3.99. The fraction of sp³-hybridized carbons (Fsp3) is 0.875. The van der Waals surface area contributed by atoms with E-state index in [-0.39, 0.29) is 12.5 Å². The Bertz CT molecular complexity index is 195. The van der Waals surface area contributed by atoms with Crippen LogP contribution in [0.5, 0.6) is 0 Å². The Morgan fingerprint density at radius 3 is 2.42 bits per heavy atom. The van der Waals surface area contributed by atoms with Gasteiger partial charge in [0.05, 0.1) is 0 Å². The lowest BCUT2D eigenvalue weighted by atomic mass is 9.91. The summed E-state index contributed by atoms with van der Waals surface area (Å²) in [5.74, 6) is -0.112. The van der Waals surface area contributed by atoms with E-state index in [2.05, 4.69) is 0 Å². The first kappa shape index (κ1) is 9.42. The van der Waals surface area contributed by atoms with Crippen molar-refractivity contribution in [2.24, 2.45) is 5.41 Å². The number of nitrogens with zero attached hydrogens (tertiary/aromatic N) is 1. The van der Waals surface area contributed by atoms with Crippen molar-refractivity contribution in [3.63, 3.8) is 0 Å². The molecule has 4 heteroatoms. The minimum atomic E-state index is -2.33. The minimum absolute atomic E-state index is 0.112. The molecule has 1 aliphatic rings. The minimum Gasteiger partial charge on any atom is -0.342 e. The van der Waals surface area contributed by atoms with Gasteiger partial charge in [-0.25, -0.2) is 8.78 Å². The van der Waals surface area contributed by atoms with Gasteiger partial charge in [-0.1, -0.05) is 6.92 Å². The summed E-state index contributed by atoms with van der Waals surface area (Å²) in [6.45, 7) is 3.61. The second kappa shape index (κ2) is 2.99. The Morgan fingerprint density at radius 1 is 1.58 bits per heavy atom. The maximum atomic E-state index is 12.4. The van der Waals surface area contributed by atoms with Crippen LogP contribution in [0.25, 0.3) is 0 Å². The largest absolute Gasteiger partial charge is 0.342 e. The molecule has 0 bridgehead atoms. The molecular weight excluding hydrogens is 164 g/mol. The predicted molar refractivity (Wildman–Crippen MR) is 41.0 cm³/mol. The molecule has 0 unspecified atom stereocenters. The van der Waals surface area contributed by atoms with E-state index >= 15 is 0 Å². The van der Waals surface area contributed by atoms with Crippen molar-refractivity contribution in [2.45, 2.75) is 26.7 Å². The van der Waals surface area contributed by atoms with Gasteiger partial charge in [0, 0.05) is 25.4 Å². The van der Waals surface area contributed by atoms with Gasteiger partial charge >= 0.3 is 0 Å². The van der Waals surface area contributed by atoms with Crippen LogP contribution in [0.3, 0.4) is 0 Å². The molecule has 0 aromatic heterocycles. The Balaban J connectivity index is 2.60. The van der Waals surface area contributed by atoms with Crippen LogP contribution in [0.1, 0.15) is 20.3 Å². The number of alkyl halides is 2. The number of hydrogen-bond acceptors (Lipinski definition) is 1. The molecule has 0 N–H and O–H groups in total. The van der Waals surface area contributed by atoms with Gasteiger partial charge in [0.1, 0.15) is 0 Å². The summed E-state index contributed by atoms with van der Waals surface area (Å²) < 4.78 is 24.8.